The molecule has 3 rings (SSSR count). The average Bonchev–Trinajstić information content (AvgIpc) is 3.24. The maximum absolute atomic E-state index is 13.1. The topological polar surface area (TPSA) is 79.5 Å². The summed E-state index contributed by atoms with van der Waals surface area (Å²) in [6.07, 6.45) is 0.594. The van der Waals surface area contributed by atoms with Crippen LogP contribution in [0.5, 0.6) is 0 Å². The summed E-state index contributed by atoms with van der Waals surface area (Å²) >= 11 is 1.28. The number of aliphatic hydroxyl groups excluding tert-OH is 1. The van der Waals surface area contributed by atoms with Crippen LogP contribution in [0.2, 0.25) is 0 Å². The van der Waals surface area contributed by atoms with E-state index in [0.29, 0.717) is 16.2 Å². The quantitative estimate of drug-likeness (QED) is 0.686. The Morgan fingerprint density at radius 2 is 2.08 bits per heavy atom. The Kier molecular flexibility index (Phi) is 5.05. The molecule has 25 heavy (non-hydrogen) atoms. The molecule has 1 unspecified atom stereocenters. The van der Waals surface area contributed by atoms with Crippen LogP contribution in [0.3, 0.4) is 0 Å². The van der Waals surface area contributed by atoms with Crippen molar-refractivity contribution in [1.82, 2.24) is 4.72 Å². The Bertz CT molecular complexity index is 964. The van der Waals surface area contributed by atoms with Gasteiger partial charge in [0.15, 0.2) is 0 Å². The number of furan rings is 1. The molecule has 0 aliphatic heterocycles. The third-order valence-electron chi connectivity index (χ3n) is 3.63. The summed E-state index contributed by atoms with van der Waals surface area (Å²) in [7, 11) is -3.75. The lowest BCUT2D eigenvalue weighted by molar-refractivity contribution is 0.193. The van der Waals surface area contributed by atoms with Gasteiger partial charge in [-0.05, 0) is 55.0 Å². The summed E-state index contributed by atoms with van der Waals surface area (Å²) < 4.78 is 45.5. The lowest BCUT2D eigenvalue weighted by atomic mass is 10.2. The fourth-order valence-electron chi connectivity index (χ4n) is 2.38. The molecule has 5 nitrogen and oxygen atoms in total. The third-order valence-corrected chi connectivity index (χ3v) is 6.33. The van der Waals surface area contributed by atoms with E-state index in [1.807, 2.05) is 0 Å². The van der Waals surface area contributed by atoms with E-state index in [9.17, 15) is 17.9 Å². The van der Waals surface area contributed by atoms with Gasteiger partial charge in [-0.15, -0.1) is 11.3 Å². The van der Waals surface area contributed by atoms with Crippen LogP contribution in [0, 0.1) is 12.7 Å². The second kappa shape index (κ2) is 7.09. The van der Waals surface area contributed by atoms with Crippen molar-refractivity contribution in [2.45, 2.75) is 24.5 Å². The highest BCUT2D eigenvalue weighted by molar-refractivity contribution is 7.89. The Morgan fingerprint density at radius 3 is 2.76 bits per heavy atom. The number of sulfonamides is 1. The van der Waals surface area contributed by atoms with Crippen LogP contribution >= 0.6 is 11.3 Å². The predicted molar refractivity (Wildman–Crippen MR) is 92.3 cm³/mol. The Hall–Kier alpha value is -2.00. The van der Waals surface area contributed by atoms with E-state index in [1.54, 1.807) is 31.2 Å². The second-order valence-corrected chi connectivity index (χ2v) is 8.39. The van der Waals surface area contributed by atoms with Gasteiger partial charge in [0.05, 0.1) is 11.2 Å². The fourth-order valence-corrected chi connectivity index (χ4v) is 4.65. The minimum atomic E-state index is -3.75. The standard InChI is InChI=1S/C17H16FNO4S2/c1-11-9-12(18)4-7-16(11)25(21,22)19-10-13-5-6-15(24-13)17(20)14-3-2-8-23-14/h2-9,17,19-20H,10H2,1H3. The van der Waals surface area contributed by atoms with Crippen LogP contribution in [0.15, 0.2) is 58.0 Å². The first-order valence-corrected chi connectivity index (χ1v) is 9.73. The molecule has 0 bridgehead atoms. The van der Waals surface area contributed by atoms with Crippen LogP contribution in [0.25, 0.3) is 0 Å². The van der Waals surface area contributed by atoms with E-state index in [0.717, 1.165) is 10.9 Å². The molecule has 0 fully saturated rings. The maximum atomic E-state index is 13.1. The van der Waals surface area contributed by atoms with E-state index in [-0.39, 0.29) is 11.4 Å². The zero-order valence-electron chi connectivity index (χ0n) is 13.3. The Morgan fingerprint density at radius 1 is 1.28 bits per heavy atom. The number of aryl methyl sites for hydroxylation is 1. The van der Waals surface area contributed by atoms with Crippen molar-refractivity contribution in [3.05, 3.63) is 75.6 Å². The number of benzene rings is 1. The molecule has 1 aromatic carbocycles. The molecule has 0 aliphatic rings. The highest BCUT2D eigenvalue weighted by Crippen LogP contribution is 2.29. The molecular formula is C17H16FNO4S2. The average molecular weight is 381 g/mol. The van der Waals surface area contributed by atoms with Gasteiger partial charge in [0, 0.05) is 16.3 Å². The van der Waals surface area contributed by atoms with E-state index in [1.165, 1.54) is 29.7 Å². The van der Waals surface area contributed by atoms with E-state index < -0.39 is 21.9 Å². The molecule has 132 valence electrons. The van der Waals surface area contributed by atoms with Crippen LogP contribution in [-0.4, -0.2) is 13.5 Å². The molecule has 0 radical (unpaired) electrons. The van der Waals surface area contributed by atoms with Crippen LogP contribution in [0.1, 0.15) is 27.2 Å². The van der Waals surface area contributed by atoms with Crippen molar-refractivity contribution in [3.63, 3.8) is 0 Å². The van der Waals surface area contributed by atoms with Crippen molar-refractivity contribution in [3.8, 4) is 0 Å². The zero-order chi connectivity index (χ0) is 18.0. The molecule has 0 amide bonds. The van der Waals surface area contributed by atoms with Crippen molar-refractivity contribution < 1.29 is 22.3 Å². The number of nitrogens with one attached hydrogen (secondary N) is 1. The maximum Gasteiger partial charge on any atom is 0.241 e. The number of hydrogen-bond acceptors (Lipinski definition) is 5. The SMILES string of the molecule is Cc1cc(F)ccc1S(=O)(=O)NCc1ccc(C(O)c2ccco2)s1. The van der Waals surface area contributed by atoms with Crippen molar-refractivity contribution in [2.75, 3.05) is 0 Å². The van der Waals surface area contributed by atoms with Crippen molar-refractivity contribution in [1.29, 1.82) is 0 Å². The minimum absolute atomic E-state index is 0.0429. The second-order valence-electron chi connectivity index (χ2n) is 5.46. The Balaban J connectivity index is 1.71. The molecule has 1 atom stereocenters. The van der Waals surface area contributed by atoms with Gasteiger partial charge in [0.2, 0.25) is 10.0 Å². The van der Waals surface area contributed by atoms with Gasteiger partial charge in [0.1, 0.15) is 17.7 Å². The molecule has 2 aromatic heterocycles. The van der Waals surface area contributed by atoms with Crippen LogP contribution < -0.4 is 4.72 Å². The first-order chi connectivity index (χ1) is 11.9. The van der Waals surface area contributed by atoms with Crippen LogP contribution in [0.4, 0.5) is 4.39 Å². The van der Waals surface area contributed by atoms with Gasteiger partial charge >= 0.3 is 0 Å². The minimum Gasteiger partial charge on any atom is -0.466 e. The lowest BCUT2D eigenvalue weighted by Crippen LogP contribution is -2.23. The molecule has 0 saturated carbocycles. The normalized spacial score (nSPS) is 13.1. The first kappa shape index (κ1) is 17.8. The summed E-state index contributed by atoms with van der Waals surface area (Å²) in [6, 6.07) is 10.4. The van der Waals surface area contributed by atoms with Gasteiger partial charge in [-0.25, -0.2) is 17.5 Å². The van der Waals surface area contributed by atoms with E-state index >= 15 is 0 Å². The highest BCUT2D eigenvalue weighted by Gasteiger charge is 2.19. The smallest absolute Gasteiger partial charge is 0.241 e. The molecule has 8 heteroatoms. The molecule has 0 saturated heterocycles. The zero-order valence-corrected chi connectivity index (χ0v) is 14.9. The van der Waals surface area contributed by atoms with Crippen LogP contribution in [-0.2, 0) is 16.6 Å². The van der Waals surface area contributed by atoms with Gasteiger partial charge in [-0.1, -0.05) is 0 Å². The predicted octanol–water partition coefficient (Wildman–Crippen LogP) is 3.35. The number of thiophene rings is 1. The molecule has 2 heterocycles. The van der Waals surface area contributed by atoms with Gasteiger partial charge < -0.3 is 9.52 Å². The van der Waals surface area contributed by atoms with Crippen molar-refractivity contribution >= 4 is 21.4 Å². The number of aliphatic hydroxyl groups is 1. The first-order valence-electron chi connectivity index (χ1n) is 7.43. The van der Waals surface area contributed by atoms with Gasteiger partial charge in [-0.3, -0.25) is 0 Å². The molecular weight excluding hydrogens is 365 g/mol. The molecule has 0 aliphatic carbocycles. The summed E-state index contributed by atoms with van der Waals surface area (Å²) in [5, 5.41) is 10.2. The van der Waals surface area contributed by atoms with Gasteiger partial charge in [0.25, 0.3) is 0 Å². The molecule has 0 spiro atoms. The van der Waals surface area contributed by atoms with Crippen molar-refractivity contribution in [2.24, 2.45) is 0 Å². The summed E-state index contributed by atoms with van der Waals surface area (Å²) in [5.41, 5.74) is 0.340. The highest BCUT2D eigenvalue weighted by atomic mass is 32.2. The summed E-state index contributed by atoms with van der Waals surface area (Å²) in [4.78, 5) is 1.44. The monoisotopic (exact) mass is 381 g/mol. The summed E-state index contributed by atoms with van der Waals surface area (Å²) in [6.45, 7) is 1.62. The van der Waals surface area contributed by atoms with Gasteiger partial charge in [-0.2, -0.15) is 0 Å². The molecule has 3 aromatic rings. The lowest BCUT2D eigenvalue weighted by Gasteiger charge is -2.08. The largest absolute Gasteiger partial charge is 0.466 e. The number of rotatable bonds is 6. The van der Waals surface area contributed by atoms with E-state index in [2.05, 4.69) is 4.72 Å². The summed E-state index contributed by atoms with van der Waals surface area (Å²) in [5.74, 6) is -0.0535. The van der Waals surface area contributed by atoms with E-state index in [4.69, 9.17) is 4.42 Å². The molecule has 2 N–H and O–H groups in total. The fraction of sp³-hybridized carbons (Fsp3) is 0.176. The number of hydrogen-bond donors (Lipinski definition) is 2. The number of halogens is 1. The Labute approximate surface area is 148 Å². The third kappa shape index (κ3) is 3.98.